The number of nitrogens with zero attached hydrogens (tertiary/aromatic N) is 3. The molecule has 52 valence electrons. The van der Waals surface area contributed by atoms with Gasteiger partial charge in [0.15, 0.2) is 5.69 Å². The molecule has 0 saturated heterocycles. The first-order valence-corrected chi connectivity index (χ1v) is 2.89. The van der Waals surface area contributed by atoms with Gasteiger partial charge in [-0.3, -0.25) is 9.48 Å². The standard InChI is InChI=1S/C4H4B2N4O/c5-2-10-1-3(8-9-10)4(11)7-6/h1H,2H2,(H,7,11). The van der Waals surface area contributed by atoms with Crippen LogP contribution in [-0.4, -0.2) is 36.7 Å². The van der Waals surface area contributed by atoms with E-state index >= 15 is 0 Å². The lowest BCUT2D eigenvalue weighted by molar-refractivity contribution is 0.0976. The third-order valence-corrected chi connectivity index (χ3v) is 1.09. The fourth-order valence-corrected chi connectivity index (χ4v) is 0.566. The van der Waals surface area contributed by atoms with Crippen LogP contribution >= 0.6 is 0 Å². The highest BCUT2D eigenvalue weighted by Gasteiger charge is 2.06. The molecule has 0 saturated carbocycles. The van der Waals surface area contributed by atoms with Crippen LogP contribution in [0.1, 0.15) is 10.5 Å². The molecule has 0 spiro atoms. The van der Waals surface area contributed by atoms with E-state index in [-0.39, 0.29) is 12.1 Å². The Morgan fingerprint density at radius 1 is 1.82 bits per heavy atom. The third kappa shape index (κ3) is 1.60. The molecule has 1 rings (SSSR count). The van der Waals surface area contributed by atoms with Gasteiger partial charge in [0.25, 0.3) is 5.91 Å². The van der Waals surface area contributed by atoms with Crippen LogP contribution in [0.15, 0.2) is 6.20 Å². The minimum absolute atomic E-state index is 0.151. The Kier molecular flexibility index (Phi) is 2.30. The molecule has 1 amide bonds. The smallest absolute Gasteiger partial charge is 0.260 e. The van der Waals surface area contributed by atoms with E-state index in [9.17, 15) is 4.79 Å². The van der Waals surface area contributed by atoms with Crippen LogP contribution in [0.2, 0.25) is 0 Å². The first-order chi connectivity index (χ1) is 5.27. The van der Waals surface area contributed by atoms with Gasteiger partial charge in [0, 0.05) is 6.44 Å². The van der Waals surface area contributed by atoms with Crippen molar-refractivity contribution in [3.8, 4) is 0 Å². The molecule has 0 atom stereocenters. The number of amides is 1. The molecule has 0 aliphatic carbocycles. The van der Waals surface area contributed by atoms with E-state index in [1.807, 2.05) is 5.23 Å². The van der Waals surface area contributed by atoms with Gasteiger partial charge in [0.2, 0.25) is 7.98 Å². The van der Waals surface area contributed by atoms with Crippen LogP contribution in [-0.2, 0) is 6.44 Å². The highest BCUT2D eigenvalue weighted by atomic mass is 16.1. The average molecular weight is 146 g/mol. The molecule has 0 aliphatic rings. The van der Waals surface area contributed by atoms with Gasteiger partial charge in [-0.05, 0) is 0 Å². The number of carbonyl (C=O) groups excluding carboxylic acids is 1. The summed E-state index contributed by atoms with van der Waals surface area (Å²) in [4.78, 5) is 10.7. The molecule has 1 aromatic rings. The number of carbonyl (C=O) groups is 1. The van der Waals surface area contributed by atoms with E-state index in [1.165, 1.54) is 10.9 Å². The van der Waals surface area contributed by atoms with Gasteiger partial charge >= 0.3 is 0 Å². The zero-order valence-electron chi connectivity index (χ0n) is 5.69. The van der Waals surface area contributed by atoms with E-state index in [0.717, 1.165) is 0 Å². The predicted octanol–water partition coefficient (Wildman–Crippen LogP) is -1.78. The molecule has 7 heteroatoms. The van der Waals surface area contributed by atoms with Crippen molar-refractivity contribution < 1.29 is 4.79 Å². The fraction of sp³-hybridized carbons (Fsp3) is 0.250. The normalized spacial score (nSPS) is 9.45. The lowest BCUT2D eigenvalue weighted by atomic mass is 10.2. The zero-order chi connectivity index (χ0) is 8.27. The minimum Gasteiger partial charge on any atom is -0.404 e. The van der Waals surface area contributed by atoms with Gasteiger partial charge < -0.3 is 5.23 Å². The molecule has 0 aliphatic heterocycles. The Morgan fingerprint density at radius 2 is 2.55 bits per heavy atom. The van der Waals surface area contributed by atoms with Crippen molar-refractivity contribution in [3.63, 3.8) is 0 Å². The molecule has 1 aromatic heterocycles. The highest BCUT2D eigenvalue weighted by Crippen LogP contribution is 1.90. The number of rotatable bonds is 2. The van der Waals surface area contributed by atoms with Crippen molar-refractivity contribution in [1.82, 2.24) is 20.2 Å². The highest BCUT2D eigenvalue weighted by molar-refractivity contribution is 6.17. The first kappa shape index (κ1) is 7.84. The van der Waals surface area contributed by atoms with Crippen LogP contribution in [0.4, 0.5) is 0 Å². The third-order valence-electron chi connectivity index (χ3n) is 1.09. The summed E-state index contributed by atoms with van der Waals surface area (Å²) in [5, 5.41) is 8.95. The van der Waals surface area contributed by atoms with Crippen molar-refractivity contribution >= 4 is 21.7 Å². The van der Waals surface area contributed by atoms with Crippen LogP contribution in [0.5, 0.6) is 0 Å². The van der Waals surface area contributed by atoms with E-state index in [4.69, 9.17) is 15.8 Å². The van der Waals surface area contributed by atoms with E-state index in [2.05, 4.69) is 10.3 Å². The fourth-order valence-electron chi connectivity index (χ4n) is 0.566. The van der Waals surface area contributed by atoms with Crippen LogP contribution in [0.3, 0.4) is 0 Å². The topological polar surface area (TPSA) is 59.8 Å². The van der Waals surface area contributed by atoms with Crippen molar-refractivity contribution in [1.29, 1.82) is 0 Å². The molecule has 0 fully saturated rings. The Hall–Kier alpha value is -1.26. The SMILES string of the molecule is [B]Cn1cc(C(=O)N[B])nn1. The summed E-state index contributed by atoms with van der Waals surface area (Å²) in [5.41, 5.74) is 0.151. The van der Waals surface area contributed by atoms with Crippen LogP contribution < -0.4 is 5.23 Å². The first-order valence-electron chi connectivity index (χ1n) is 2.89. The van der Waals surface area contributed by atoms with Crippen LogP contribution in [0.25, 0.3) is 0 Å². The molecule has 0 aromatic carbocycles. The summed E-state index contributed by atoms with van der Waals surface area (Å²) in [6.45, 7) is 0. The Labute approximate surface area is 66.0 Å². The maximum absolute atomic E-state index is 10.7. The van der Waals surface area contributed by atoms with Crippen molar-refractivity contribution in [2.75, 3.05) is 0 Å². The van der Waals surface area contributed by atoms with Crippen molar-refractivity contribution in [3.05, 3.63) is 11.9 Å². The molecule has 1 N–H and O–H groups in total. The molecule has 11 heavy (non-hydrogen) atoms. The number of nitrogens with one attached hydrogen (secondary N) is 1. The van der Waals surface area contributed by atoms with Gasteiger partial charge in [0.1, 0.15) is 0 Å². The number of hydrogen-bond acceptors (Lipinski definition) is 3. The Balaban J connectivity index is 2.80. The zero-order valence-corrected chi connectivity index (χ0v) is 5.69. The minimum atomic E-state index is -0.482. The van der Waals surface area contributed by atoms with Crippen molar-refractivity contribution in [2.45, 2.75) is 6.44 Å². The second-order valence-electron chi connectivity index (χ2n) is 1.80. The van der Waals surface area contributed by atoms with E-state index in [0.29, 0.717) is 0 Å². The van der Waals surface area contributed by atoms with Gasteiger partial charge in [-0.1, -0.05) is 5.21 Å². The summed E-state index contributed by atoms with van der Waals surface area (Å²) in [6.07, 6.45) is 1.59. The van der Waals surface area contributed by atoms with Gasteiger partial charge in [-0.2, -0.15) is 0 Å². The lowest BCUT2D eigenvalue weighted by Gasteiger charge is -1.90. The quantitative estimate of drug-likeness (QED) is 0.501. The van der Waals surface area contributed by atoms with E-state index < -0.39 is 5.91 Å². The Morgan fingerprint density at radius 3 is 3.00 bits per heavy atom. The molecular formula is C4H4B2N4O. The maximum atomic E-state index is 10.7. The molecule has 4 radical (unpaired) electrons. The van der Waals surface area contributed by atoms with Crippen molar-refractivity contribution in [2.24, 2.45) is 0 Å². The predicted molar refractivity (Wildman–Crippen MR) is 39.0 cm³/mol. The largest absolute Gasteiger partial charge is 0.404 e. The summed E-state index contributed by atoms with van der Waals surface area (Å²) in [7, 11) is 10.0. The van der Waals surface area contributed by atoms with E-state index in [1.54, 1.807) is 0 Å². The second-order valence-corrected chi connectivity index (χ2v) is 1.80. The second kappa shape index (κ2) is 3.23. The lowest BCUT2D eigenvalue weighted by Crippen LogP contribution is -2.19. The average Bonchev–Trinajstić information content (AvgIpc) is 2.50. The monoisotopic (exact) mass is 146 g/mol. The summed E-state index contributed by atoms with van der Waals surface area (Å²) in [6, 6.07) is 0. The number of aromatic nitrogens is 3. The summed E-state index contributed by atoms with van der Waals surface area (Å²) in [5.74, 6) is -0.482. The summed E-state index contributed by atoms with van der Waals surface area (Å²) >= 11 is 0. The van der Waals surface area contributed by atoms with Gasteiger partial charge in [0.05, 0.1) is 14.0 Å². The number of hydrogen-bond donors (Lipinski definition) is 1. The molecule has 1 heterocycles. The Bertz CT molecular complexity index is 260. The van der Waals surface area contributed by atoms with Gasteiger partial charge in [-0.25, -0.2) is 0 Å². The summed E-state index contributed by atoms with van der Waals surface area (Å²) < 4.78 is 1.32. The molecular weight excluding hydrogens is 142 g/mol. The molecule has 0 bridgehead atoms. The van der Waals surface area contributed by atoms with Gasteiger partial charge in [-0.15, -0.1) is 5.10 Å². The molecule has 0 unspecified atom stereocenters. The van der Waals surface area contributed by atoms with Crippen LogP contribution in [0, 0.1) is 0 Å². The molecule has 5 nitrogen and oxygen atoms in total. The maximum Gasteiger partial charge on any atom is 0.260 e.